The van der Waals surface area contributed by atoms with Gasteiger partial charge in [-0.1, -0.05) is 15.9 Å². The van der Waals surface area contributed by atoms with Crippen molar-refractivity contribution in [3.05, 3.63) is 38.3 Å². The van der Waals surface area contributed by atoms with Crippen molar-refractivity contribution < 1.29 is 14.5 Å². The first-order valence-corrected chi connectivity index (χ1v) is 7.08. The van der Waals surface area contributed by atoms with Gasteiger partial charge in [0.2, 0.25) is 5.91 Å². The molecule has 1 heterocycles. The molecule has 0 atom stereocenters. The fraction of sp³-hybridized carbons (Fsp3) is 0.385. The van der Waals surface area contributed by atoms with Crippen LogP contribution < -0.4 is 5.32 Å². The largest absolute Gasteiger partial charge is 0.352 e. The van der Waals surface area contributed by atoms with Crippen molar-refractivity contribution in [3.63, 3.8) is 0 Å². The molecule has 1 N–H and O–H groups in total. The normalized spacial score (nSPS) is 17.3. The lowest BCUT2D eigenvalue weighted by molar-refractivity contribution is -0.385. The first-order valence-electron chi connectivity index (χ1n) is 6.29. The van der Waals surface area contributed by atoms with E-state index in [0.717, 1.165) is 0 Å². The zero-order valence-electron chi connectivity index (χ0n) is 11.6. The van der Waals surface area contributed by atoms with Gasteiger partial charge in [0.25, 0.3) is 11.6 Å². The Morgan fingerprint density at radius 3 is 2.71 bits per heavy atom. The number of carbonyl (C=O) groups excluding carboxylic acids is 2. The summed E-state index contributed by atoms with van der Waals surface area (Å²) in [6.45, 7) is 4.01. The van der Waals surface area contributed by atoms with Crippen LogP contribution in [0.4, 0.5) is 5.69 Å². The van der Waals surface area contributed by atoms with Gasteiger partial charge in [-0.05, 0) is 19.9 Å². The molecule has 0 spiro atoms. The molecule has 21 heavy (non-hydrogen) atoms. The van der Waals surface area contributed by atoms with Crippen molar-refractivity contribution in [3.8, 4) is 0 Å². The Labute approximate surface area is 129 Å². The molecule has 1 aliphatic rings. The molecule has 0 bridgehead atoms. The fourth-order valence-electron chi connectivity index (χ4n) is 2.21. The number of benzene rings is 1. The van der Waals surface area contributed by atoms with Crippen LogP contribution in [0.2, 0.25) is 0 Å². The van der Waals surface area contributed by atoms with Crippen LogP contribution in [-0.4, -0.2) is 40.3 Å². The Bertz CT molecular complexity index is 630. The third kappa shape index (κ3) is 2.90. The van der Waals surface area contributed by atoms with Gasteiger partial charge in [0.05, 0.1) is 4.92 Å². The van der Waals surface area contributed by atoms with Gasteiger partial charge >= 0.3 is 0 Å². The zero-order valence-corrected chi connectivity index (χ0v) is 13.1. The second kappa shape index (κ2) is 5.44. The van der Waals surface area contributed by atoms with Crippen LogP contribution in [0.1, 0.15) is 24.2 Å². The van der Waals surface area contributed by atoms with E-state index in [0.29, 0.717) is 17.6 Å². The first-order chi connectivity index (χ1) is 9.73. The summed E-state index contributed by atoms with van der Waals surface area (Å²) in [5.74, 6) is -0.647. The lowest BCUT2D eigenvalue weighted by Gasteiger charge is -2.41. The molecular weight excluding hydrogens is 342 g/mol. The number of hydrogen-bond donors (Lipinski definition) is 1. The number of halogens is 1. The van der Waals surface area contributed by atoms with Crippen molar-refractivity contribution in [2.75, 3.05) is 13.1 Å². The quantitative estimate of drug-likeness (QED) is 0.645. The molecule has 0 radical (unpaired) electrons. The Morgan fingerprint density at radius 1 is 1.43 bits per heavy atom. The third-order valence-corrected chi connectivity index (χ3v) is 3.89. The Kier molecular flexibility index (Phi) is 3.99. The summed E-state index contributed by atoms with van der Waals surface area (Å²) in [5.41, 5.74) is -0.988. The van der Waals surface area contributed by atoms with E-state index in [1.165, 1.54) is 23.1 Å². The van der Waals surface area contributed by atoms with E-state index in [-0.39, 0.29) is 17.2 Å². The predicted octanol–water partition coefficient (Wildman–Crippen LogP) is 1.71. The maximum absolute atomic E-state index is 12.6. The molecular formula is C13H14BrN3O4. The highest BCUT2D eigenvalue weighted by atomic mass is 79.9. The Balaban J connectivity index is 2.40. The number of nitrogens with one attached hydrogen (secondary N) is 1. The number of carbonyl (C=O) groups is 2. The van der Waals surface area contributed by atoms with Crippen LogP contribution in [0.25, 0.3) is 0 Å². The number of hydrogen-bond acceptors (Lipinski definition) is 4. The first kappa shape index (κ1) is 15.4. The number of amides is 2. The SMILES string of the molecule is CC1(C)C(=O)NCCN1C(=O)c1cc(Br)cc([N+](=O)[O-])c1. The molecule has 2 amide bonds. The molecule has 1 fully saturated rings. The summed E-state index contributed by atoms with van der Waals surface area (Å²) in [6, 6.07) is 4.05. The molecule has 1 saturated heterocycles. The van der Waals surface area contributed by atoms with Crippen molar-refractivity contribution >= 4 is 33.4 Å². The number of non-ortho nitro benzene ring substituents is 1. The average Bonchev–Trinajstić information content (AvgIpc) is 2.40. The number of piperazine rings is 1. The van der Waals surface area contributed by atoms with E-state index < -0.39 is 16.4 Å². The van der Waals surface area contributed by atoms with Crippen molar-refractivity contribution in [1.29, 1.82) is 0 Å². The van der Waals surface area contributed by atoms with E-state index in [1.54, 1.807) is 13.8 Å². The molecule has 1 aliphatic heterocycles. The van der Waals surface area contributed by atoms with Gasteiger partial charge in [-0.2, -0.15) is 0 Å². The van der Waals surface area contributed by atoms with Gasteiger partial charge < -0.3 is 10.2 Å². The molecule has 1 aromatic carbocycles. The number of rotatable bonds is 2. The van der Waals surface area contributed by atoms with E-state index in [2.05, 4.69) is 21.2 Å². The molecule has 7 nitrogen and oxygen atoms in total. The average molecular weight is 356 g/mol. The Hall–Kier alpha value is -1.96. The summed E-state index contributed by atoms with van der Waals surface area (Å²) in [7, 11) is 0. The monoisotopic (exact) mass is 355 g/mol. The van der Waals surface area contributed by atoms with Crippen molar-refractivity contribution in [2.45, 2.75) is 19.4 Å². The molecule has 8 heteroatoms. The van der Waals surface area contributed by atoms with E-state index in [1.807, 2.05) is 0 Å². The minimum Gasteiger partial charge on any atom is -0.352 e. The second-order valence-corrected chi connectivity index (χ2v) is 6.14. The predicted molar refractivity (Wildman–Crippen MR) is 78.9 cm³/mol. The standard InChI is InChI=1S/C13H14BrN3O4/c1-13(2)12(19)15-3-4-16(13)11(18)8-5-9(14)7-10(6-8)17(20)21/h5-7H,3-4H2,1-2H3,(H,15,19). The van der Waals surface area contributed by atoms with Crippen LogP contribution in [-0.2, 0) is 4.79 Å². The molecule has 0 aliphatic carbocycles. The van der Waals surface area contributed by atoms with Crippen LogP contribution in [0.15, 0.2) is 22.7 Å². The molecule has 1 aromatic rings. The summed E-state index contributed by atoms with van der Waals surface area (Å²) in [6.07, 6.45) is 0. The molecule has 2 rings (SSSR count). The summed E-state index contributed by atoms with van der Waals surface area (Å²) >= 11 is 3.16. The third-order valence-electron chi connectivity index (χ3n) is 3.44. The van der Waals surface area contributed by atoms with Gasteiger partial charge in [0.15, 0.2) is 0 Å². The summed E-state index contributed by atoms with van der Waals surface area (Å²) < 4.78 is 0.444. The van der Waals surface area contributed by atoms with Crippen molar-refractivity contribution in [1.82, 2.24) is 10.2 Å². The second-order valence-electron chi connectivity index (χ2n) is 5.23. The molecule has 0 unspecified atom stereocenters. The van der Waals surface area contributed by atoms with Crippen LogP contribution >= 0.6 is 15.9 Å². The minimum absolute atomic E-state index is 0.174. The van der Waals surface area contributed by atoms with Gasteiger partial charge in [-0.15, -0.1) is 0 Å². The van der Waals surface area contributed by atoms with Crippen molar-refractivity contribution in [2.24, 2.45) is 0 Å². The van der Waals surface area contributed by atoms with E-state index in [9.17, 15) is 19.7 Å². The minimum atomic E-state index is -0.994. The van der Waals surface area contributed by atoms with E-state index >= 15 is 0 Å². The van der Waals surface area contributed by atoms with Crippen LogP contribution in [0.5, 0.6) is 0 Å². The number of nitrogens with zero attached hydrogens (tertiary/aromatic N) is 2. The maximum atomic E-state index is 12.6. The van der Waals surface area contributed by atoms with Crippen LogP contribution in [0.3, 0.4) is 0 Å². The highest BCUT2D eigenvalue weighted by Crippen LogP contribution is 2.25. The highest BCUT2D eigenvalue weighted by molar-refractivity contribution is 9.10. The Morgan fingerprint density at radius 2 is 2.10 bits per heavy atom. The van der Waals surface area contributed by atoms with Gasteiger partial charge in [0.1, 0.15) is 5.54 Å². The maximum Gasteiger partial charge on any atom is 0.271 e. The highest BCUT2D eigenvalue weighted by Gasteiger charge is 2.40. The zero-order chi connectivity index (χ0) is 15.8. The fourth-order valence-corrected chi connectivity index (χ4v) is 2.70. The van der Waals surface area contributed by atoms with Gasteiger partial charge in [-0.25, -0.2) is 0 Å². The topological polar surface area (TPSA) is 92.6 Å². The van der Waals surface area contributed by atoms with E-state index in [4.69, 9.17) is 0 Å². The van der Waals surface area contributed by atoms with Crippen LogP contribution in [0, 0.1) is 10.1 Å². The van der Waals surface area contributed by atoms with Gasteiger partial charge in [0, 0.05) is 35.3 Å². The van der Waals surface area contributed by atoms with Gasteiger partial charge in [-0.3, -0.25) is 19.7 Å². The lowest BCUT2D eigenvalue weighted by Crippen LogP contribution is -2.63. The molecule has 112 valence electrons. The lowest BCUT2D eigenvalue weighted by atomic mass is 9.97. The molecule has 0 saturated carbocycles. The number of nitro benzene ring substituents is 1. The smallest absolute Gasteiger partial charge is 0.271 e. The molecule has 0 aromatic heterocycles. The summed E-state index contributed by atoms with van der Waals surface area (Å²) in [5, 5.41) is 13.6. The number of nitro groups is 1. The summed E-state index contributed by atoms with van der Waals surface area (Å²) in [4.78, 5) is 36.2.